The summed E-state index contributed by atoms with van der Waals surface area (Å²) in [7, 11) is 0. The standard InChI is InChI=1S/C48H34O2S2/c49-47(35-19-5-1-6-20-35,36-21-7-2-8-22-36)41-31-40(46-30-34-18-14-16-28-44(34)52-46)42(32-39(41)45-29-33-17-13-15-27-43(33)51-45)48(50,37-23-9-3-10-24-37)38-25-11-4-12-26-38/h1-32,49-50H. The van der Waals surface area contributed by atoms with E-state index < -0.39 is 11.2 Å². The zero-order valence-corrected chi connectivity index (χ0v) is 29.8. The predicted octanol–water partition coefficient (Wildman–Crippen LogP) is 12.0. The van der Waals surface area contributed by atoms with E-state index in [1.54, 1.807) is 22.7 Å². The minimum Gasteiger partial charge on any atom is -0.376 e. The van der Waals surface area contributed by atoms with Gasteiger partial charge in [0.05, 0.1) is 0 Å². The molecule has 0 bridgehead atoms. The molecule has 0 fully saturated rings. The smallest absolute Gasteiger partial charge is 0.141 e. The van der Waals surface area contributed by atoms with Gasteiger partial charge in [-0.05, 0) is 80.6 Å². The molecule has 2 nitrogen and oxygen atoms in total. The molecule has 2 heterocycles. The SMILES string of the molecule is OC(c1ccccc1)(c1ccccc1)c1cc(-c2cc3ccccc3s2)c(C(O)(c2ccccc2)c2ccccc2)cc1-c1cc2ccccc2s1. The maximum Gasteiger partial charge on any atom is 0.141 e. The van der Waals surface area contributed by atoms with Crippen LogP contribution < -0.4 is 0 Å². The van der Waals surface area contributed by atoms with Gasteiger partial charge in [-0.15, -0.1) is 22.7 Å². The first-order valence-corrected chi connectivity index (χ1v) is 19.0. The van der Waals surface area contributed by atoms with Gasteiger partial charge in [0.1, 0.15) is 11.2 Å². The van der Waals surface area contributed by atoms with Crippen LogP contribution in [0.5, 0.6) is 0 Å². The van der Waals surface area contributed by atoms with Crippen LogP contribution in [0.1, 0.15) is 33.4 Å². The fourth-order valence-electron chi connectivity index (χ4n) is 7.51. The summed E-state index contributed by atoms with van der Waals surface area (Å²) in [4.78, 5) is 2.02. The Morgan fingerprint density at radius 2 is 0.615 bits per heavy atom. The van der Waals surface area contributed by atoms with Crippen LogP contribution >= 0.6 is 22.7 Å². The molecule has 0 spiro atoms. The highest BCUT2D eigenvalue weighted by atomic mass is 32.1. The number of fused-ring (bicyclic) bond motifs is 2. The molecule has 9 rings (SSSR count). The molecule has 0 saturated heterocycles. The molecule has 2 N–H and O–H groups in total. The average Bonchev–Trinajstić information content (AvgIpc) is 3.86. The summed E-state index contributed by atoms with van der Waals surface area (Å²) in [5.41, 5.74) is 3.21. The Hall–Kier alpha value is -5.62. The van der Waals surface area contributed by atoms with Crippen LogP contribution in [0.3, 0.4) is 0 Å². The second kappa shape index (κ2) is 13.2. The third-order valence-corrected chi connectivity index (χ3v) is 12.4. The summed E-state index contributed by atoms with van der Waals surface area (Å²) in [6, 6.07) is 65.3. The second-order valence-corrected chi connectivity index (χ2v) is 15.3. The molecule has 0 atom stereocenters. The largest absolute Gasteiger partial charge is 0.376 e. The molecule has 0 saturated carbocycles. The highest BCUT2D eigenvalue weighted by Gasteiger charge is 2.41. The molecule has 0 aliphatic carbocycles. The molecule has 9 aromatic rings. The van der Waals surface area contributed by atoms with E-state index in [0.29, 0.717) is 0 Å². The van der Waals surface area contributed by atoms with Crippen molar-refractivity contribution in [2.75, 3.05) is 0 Å². The maximum atomic E-state index is 13.5. The number of hydrogen-bond acceptors (Lipinski definition) is 4. The van der Waals surface area contributed by atoms with E-state index in [0.717, 1.165) is 74.4 Å². The fraction of sp³-hybridized carbons (Fsp3) is 0.0417. The third kappa shape index (κ3) is 5.40. The number of rotatable bonds is 8. The van der Waals surface area contributed by atoms with E-state index in [1.165, 1.54) is 0 Å². The monoisotopic (exact) mass is 706 g/mol. The van der Waals surface area contributed by atoms with Crippen molar-refractivity contribution in [2.45, 2.75) is 11.2 Å². The fourth-order valence-corrected chi connectivity index (χ4v) is 9.69. The normalized spacial score (nSPS) is 12.0. The van der Waals surface area contributed by atoms with Gasteiger partial charge in [-0.3, -0.25) is 0 Å². The number of aliphatic hydroxyl groups is 2. The lowest BCUT2D eigenvalue weighted by Crippen LogP contribution is -2.32. The van der Waals surface area contributed by atoms with Gasteiger partial charge in [0.15, 0.2) is 0 Å². The molecular weight excluding hydrogens is 673 g/mol. The molecule has 0 radical (unpaired) electrons. The van der Waals surface area contributed by atoms with Gasteiger partial charge in [-0.25, -0.2) is 0 Å². The van der Waals surface area contributed by atoms with Crippen LogP contribution in [-0.4, -0.2) is 10.2 Å². The molecule has 0 amide bonds. The molecule has 4 heteroatoms. The van der Waals surface area contributed by atoms with Crippen LogP contribution in [-0.2, 0) is 11.2 Å². The first-order valence-electron chi connectivity index (χ1n) is 17.4. The minimum atomic E-state index is -1.53. The van der Waals surface area contributed by atoms with Crippen molar-refractivity contribution in [3.8, 4) is 20.9 Å². The van der Waals surface area contributed by atoms with Crippen molar-refractivity contribution < 1.29 is 10.2 Å². The van der Waals surface area contributed by atoms with Gasteiger partial charge in [-0.1, -0.05) is 158 Å². The first-order chi connectivity index (χ1) is 25.5. The van der Waals surface area contributed by atoms with Crippen LogP contribution in [0.2, 0.25) is 0 Å². The molecular formula is C48H34O2S2. The van der Waals surface area contributed by atoms with Crippen molar-refractivity contribution in [2.24, 2.45) is 0 Å². The Kier molecular flexibility index (Phi) is 8.18. The summed E-state index contributed by atoms with van der Waals surface area (Å²) in [6.07, 6.45) is 0. The topological polar surface area (TPSA) is 40.5 Å². The Labute approximate surface area is 311 Å². The van der Waals surface area contributed by atoms with E-state index in [4.69, 9.17) is 0 Å². The Balaban J connectivity index is 1.46. The molecule has 0 aliphatic heterocycles. The van der Waals surface area contributed by atoms with Crippen molar-refractivity contribution in [3.05, 3.63) is 228 Å². The molecule has 250 valence electrons. The minimum absolute atomic E-state index is 0.746. The third-order valence-electron chi connectivity index (χ3n) is 10.1. The van der Waals surface area contributed by atoms with Gasteiger partial charge < -0.3 is 10.2 Å². The summed E-state index contributed by atoms with van der Waals surface area (Å²) < 4.78 is 2.31. The molecule has 2 aromatic heterocycles. The van der Waals surface area contributed by atoms with E-state index >= 15 is 0 Å². The van der Waals surface area contributed by atoms with Gasteiger partial charge >= 0.3 is 0 Å². The Morgan fingerprint density at radius 1 is 0.327 bits per heavy atom. The van der Waals surface area contributed by atoms with Crippen molar-refractivity contribution in [1.82, 2.24) is 0 Å². The Morgan fingerprint density at radius 3 is 0.923 bits per heavy atom. The number of benzene rings is 7. The van der Waals surface area contributed by atoms with Crippen LogP contribution in [0.25, 0.3) is 41.1 Å². The average molecular weight is 707 g/mol. The molecule has 0 unspecified atom stereocenters. The Bertz CT molecular complexity index is 2310. The van der Waals surface area contributed by atoms with E-state index in [2.05, 4.69) is 72.8 Å². The summed E-state index contributed by atoms with van der Waals surface area (Å²) >= 11 is 3.39. The van der Waals surface area contributed by atoms with E-state index in [9.17, 15) is 10.2 Å². The van der Waals surface area contributed by atoms with E-state index in [1.807, 2.05) is 121 Å². The van der Waals surface area contributed by atoms with Crippen LogP contribution in [0, 0.1) is 0 Å². The molecule has 0 aliphatic rings. The second-order valence-electron chi connectivity index (χ2n) is 13.1. The van der Waals surface area contributed by atoms with Gasteiger partial charge in [0.2, 0.25) is 0 Å². The van der Waals surface area contributed by atoms with Crippen LogP contribution in [0.4, 0.5) is 0 Å². The quantitative estimate of drug-likeness (QED) is 0.154. The maximum absolute atomic E-state index is 13.5. The summed E-state index contributed by atoms with van der Waals surface area (Å²) in [5.74, 6) is 0. The van der Waals surface area contributed by atoms with Crippen molar-refractivity contribution in [3.63, 3.8) is 0 Å². The summed E-state index contributed by atoms with van der Waals surface area (Å²) in [5, 5.41) is 29.3. The first kappa shape index (κ1) is 32.3. The zero-order valence-electron chi connectivity index (χ0n) is 28.2. The van der Waals surface area contributed by atoms with Crippen molar-refractivity contribution >= 4 is 42.8 Å². The zero-order chi connectivity index (χ0) is 35.1. The predicted molar refractivity (Wildman–Crippen MR) is 218 cm³/mol. The van der Waals surface area contributed by atoms with Gasteiger partial charge in [0.25, 0.3) is 0 Å². The highest BCUT2D eigenvalue weighted by molar-refractivity contribution is 7.22. The molecule has 7 aromatic carbocycles. The molecule has 52 heavy (non-hydrogen) atoms. The van der Waals surface area contributed by atoms with E-state index in [-0.39, 0.29) is 0 Å². The van der Waals surface area contributed by atoms with Gasteiger partial charge in [-0.2, -0.15) is 0 Å². The van der Waals surface area contributed by atoms with Crippen LogP contribution in [0.15, 0.2) is 194 Å². The highest BCUT2D eigenvalue weighted by Crippen LogP contribution is 2.51. The van der Waals surface area contributed by atoms with Gasteiger partial charge in [0, 0.05) is 30.3 Å². The lowest BCUT2D eigenvalue weighted by atomic mass is 9.73. The number of hydrogen-bond donors (Lipinski definition) is 2. The number of thiophene rings is 2. The lowest BCUT2D eigenvalue weighted by molar-refractivity contribution is 0.122. The van der Waals surface area contributed by atoms with Crippen molar-refractivity contribution in [1.29, 1.82) is 0 Å². The lowest BCUT2D eigenvalue weighted by Gasteiger charge is -2.36. The summed E-state index contributed by atoms with van der Waals surface area (Å²) in [6.45, 7) is 0.